The maximum Gasteiger partial charge on any atom is 0.270 e. The molecule has 0 spiro atoms. The summed E-state index contributed by atoms with van der Waals surface area (Å²) < 4.78 is 0. The number of carbonyl (C=O) groups is 4. The lowest BCUT2D eigenvalue weighted by molar-refractivity contribution is -0.142. The van der Waals surface area contributed by atoms with Crippen LogP contribution in [0.15, 0.2) is 5.38 Å². The third-order valence-corrected chi connectivity index (χ3v) is 10.0. The zero-order valence-corrected chi connectivity index (χ0v) is 28.2. The minimum absolute atomic E-state index is 0.00750. The summed E-state index contributed by atoms with van der Waals surface area (Å²) in [7, 11) is 1.99. The van der Waals surface area contributed by atoms with Gasteiger partial charge in [0.05, 0.1) is 11.0 Å². The van der Waals surface area contributed by atoms with Crippen molar-refractivity contribution in [2.45, 2.75) is 118 Å². The number of thiazole rings is 1. The molecule has 1 saturated heterocycles. The molecule has 0 aliphatic carbocycles. The van der Waals surface area contributed by atoms with Crippen molar-refractivity contribution in [2.75, 3.05) is 26.7 Å². The number of aromatic nitrogens is 1. The number of carbonyl (C=O) groups excluding carboxylic acids is 4. The molecule has 238 valence electrons. The molecule has 0 aromatic carbocycles. The van der Waals surface area contributed by atoms with Gasteiger partial charge in [-0.25, -0.2) is 4.98 Å². The van der Waals surface area contributed by atoms with Gasteiger partial charge in [-0.3, -0.25) is 24.1 Å². The molecule has 0 saturated carbocycles. The highest BCUT2D eigenvalue weighted by atomic mass is 32.1. The minimum Gasteiger partial charge on any atom is -0.351 e. The van der Waals surface area contributed by atoms with E-state index in [2.05, 4.69) is 48.2 Å². The Hall–Kier alpha value is -2.33. The lowest BCUT2D eigenvalue weighted by Gasteiger charge is -2.39. The Morgan fingerprint density at radius 2 is 1.81 bits per heavy atom. The molecule has 1 unspecified atom stereocenters. The van der Waals surface area contributed by atoms with Gasteiger partial charge in [0, 0.05) is 36.3 Å². The van der Waals surface area contributed by atoms with Crippen molar-refractivity contribution in [3.05, 3.63) is 16.1 Å². The van der Waals surface area contributed by atoms with Gasteiger partial charge in [0.2, 0.25) is 11.8 Å². The molecule has 1 aliphatic rings. The van der Waals surface area contributed by atoms with E-state index in [1.807, 2.05) is 32.7 Å². The lowest BCUT2D eigenvalue weighted by Crippen LogP contribution is -2.58. The zero-order chi connectivity index (χ0) is 31.6. The predicted octanol–water partition coefficient (Wildman–Crippen LogP) is 4.87. The Morgan fingerprint density at radius 3 is 2.38 bits per heavy atom. The number of nitrogens with one attached hydrogen (secondary N) is 2. The number of rotatable bonds is 16. The van der Waals surface area contributed by atoms with Crippen LogP contribution in [0.2, 0.25) is 0 Å². The highest BCUT2D eigenvalue weighted by Gasteiger charge is 2.37. The molecule has 9 nitrogen and oxygen atoms in total. The molecule has 2 N–H and O–H groups in total. The standard InChI is InChI=1S/C32H55N5O4S/c1-10-21(5)28(35-30(40)26-14-12-13-17-36(26)9)32(41)37(11-2)27(20(3)4)18-23(7)31-34-25(19-42-31)29(39)33-16-15-22(6)24(8)38/h19-23,26-28H,10-18H2,1-9H3,(H,33,39)(H,35,40)/t21?,22-,23+,26+,27+,28-/m0/s1. The van der Waals surface area contributed by atoms with Crippen LogP contribution in [0.1, 0.15) is 115 Å². The van der Waals surface area contributed by atoms with Crippen molar-refractivity contribution in [1.29, 1.82) is 0 Å². The summed E-state index contributed by atoms with van der Waals surface area (Å²) in [5, 5.41) is 8.67. The molecule has 2 rings (SSSR count). The fourth-order valence-corrected chi connectivity index (χ4v) is 6.48. The second-order valence-electron chi connectivity index (χ2n) is 12.6. The topological polar surface area (TPSA) is 112 Å². The van der Waals surface area contributed by atoms with Gasteiger partial charge in [-0.1, -0.05) is 54.4 Å². The second kappa shape index (κ2) is 17.1. The van der Waals surface area contributed by atoms with E-state index >= 15 is 0 Å². The molecule has 0 bridgehead atoms. The van der Waals surface area contributed by atoms with Crippen LogP contribution < -0.4 is 10.6 Å². The molecule has 6 atom stereocenters. The first kappa shape index (κ1) is 35.9. The maximum absolute atomic E-state index is 14.1. The molecule has 1 aromatic rings. The van der Waals surface area contributed by atoms with Crippen LogP contribution in [0.3, 0.4) is 0 Å². The Kier molecular flexibility index (Phi) is 14.6. The Bertz CT molecular complexity index is 1040. The first-order valence-corrected chi connectivity index (χ1v) is 16.7. The molecular formula is C32H55N5O4S. The Labute approximate surface area is 257 Å². The van der Waals surface area contributed by atoms with Crippen molar-refractivity contribution in [1.82, 2.24) is 25.4 Å². The smallest absolute Gasteiger partial charge is 0.270 e. The van der Waals surface area contributed by atoms with Gasteiger partial charge in [0.15, 0.2) is 0 Å². The third kappa shape index (κ3) is 9.86. The monoisotopic (exact) mass is 605 g/mol. The molecular weight excluding hydrogens is 550 g/mol. The average Bonchev–Trinajstić information content (AvgIpc) is 3.45. The van der Waals surface area contributed by atoms with E-state index in [0.29, 0.717) is 31.6 Å². The largest absolute Gasteiger partial charge is 0.351 e. The molecule has 1 fully saturated rings. The first-order chi connectivity index (χ1) is 19.8. The number of piperidine rings is 1. The summed E-state index contributed by atoms with van der Waals surface area (Å²) in [5.41, 5.74) is 0.383. The number of likely N-dealkylation sites (N-methyl/N-ethyl adjacent to an activating group) is 2. The number of ketones is 1. The summed E-state index contributed by atoms with van der Waals surface area (Å²) in [5.74, 6) is -0.0427. The Morgan fingerprint density at radius 1 is 1.12 bits per heavy atom. The maximum atomic E-state index is 14.1. The zero-order valence-electron chi connectivity index (χ0n) is 27.4. The fourth-order valence-electron chi connectivity index (χ4n) is 5.61. The van der Waals surface area contributed by atoms with E-state index < -0.39 is 6.04 Å². The second-order valence-corrected chi connectivity index (χ2v) is 13.5. The van der Waals surface area contributed by atoms with Crippen LogP contribution >= 0.6 is 11.3 Å². The lowest BCUT2D eigenvalue weighted by atomic mass is 9.90. The first-order valence-electron chi connectivity index (χ1n) is 15.9. The third-order valence-electron chi connectivity index (χ3n) is 8.97. The highest BCUT2D eigenvalue weighted by Crippen LogP contribution is 2.30. The summed E-state index contributed by atoms with van der Waals surface area (Å²) in [6.07, 6.45) is 5.03. The van der Waals surface area contributed by atoms with Crippen molar-refractivity contribution < 1.29 is 19.2 Å². The van der Waals surface area contributed by atoms with Crippen LogP contribution in [-0.2, 0) is 14.4 Å². The highest BCUT2D eigenvalue weighted by molar-refractivity contribution is 7.09. The quantitative estimate of drug-likeness (QED) is 0.278. The van der Waals surface area contributed by atoms with E-state index in [-0.39, 0.29) is 59.3 Å². The SMILES string of the molecule is CCC(C)[C@H](NC(=O)[C@H]1CCCCN1C)C(=O)N(CC)[C@H](C[C@@H](C)c1nc(C(=O)NCC[C@H](C)C(C)=O)cs1)C(C)C. The number of nitrogens with zero attached hydrogens (tertiary/aromatic N) is 3. The molecule has 10 heteroatoms. The van der Waals surface area contributed by atoms with E-state index in [4.69, 9.17) is 0 Å². The van der Waals surface area contributed by atoms with Crippen LogP contribution in [-0.4, -0.2) is 83.1 Å². The van der Waals surface area contributed by atoms with Gasteiger partial charge >= 0.3 is 0 Å². The molecule has 1 aliphatic heterocycles. The molecule has 3 amide bonds. The molecule has 1 aromatic heterocycles. The number of hydrogen-bond acceptors (Lipinski definition) is 7. The van der Waals surface area contributed by atoms with Crippen LogP contribution in [0.5, 0.6) is 0 Å². The number of Topliss-reactive ketones (excluding diaryl/α,β-unsaturated/α-hetero) is 1. The van der Waals surface area contributed by atoms with Gasteiger partial charge in [0.25, 0.3) is 5.91 Å². The van der Waals surface area contributed by atoms with Crippen molar-refractivity contribution in [2.24, 2.45) is 17.8 Å². The molecule has 42 heavy (non-hydrogen) atoms. The molecule has 2 heterocycles. The Balaban J connectivity index is 2.14. The van der Waals surface area contributed by atoms with Gasteiger partial charge in [0.1, 0.15) is 17.5 Å². The summed E-state index contributed by atoms with van der Waals surface area (Å²) in [6.45, 7) is 17.7. The van der Waals surface area contributed by atoms with Gasteiger partial charge in [-0.2, -0.15) is 0 Å². The minimum atomic E-state index is -0.574. The predicted molar refractivity (Wildman–Crippen MR) is 170 cm³/mol. The number of likely N-dealkylation sites (tertiary alicyclic amines) is 1. The van der Waals surface area contributed by atoms with Crippen LogP contribution in [0.25, 0.3) is 0 Å². The van der Waals surface area contributed by atoms with E-state index in [1.54, 1.807) is 12.3 Å². The average molecular weight is 606 g/mol. The van der Waals surface area contributed by atoms with Gasteiger partial charge < -0.3 is 15.5 Å². The van der Waals surface area contributed by atoms with Crippen molar-refractivity contribution >= 4 is 34.8 Å². The fraction of sp³-hybridized carbons (Fsp3) is 0.781. The van der Waals surface area contributed by atoms with Crippen LogP contribution in [0.4, 0.5) is 0 Å². The molecule has 0 radical (unpaired) electrons. The summed E-state index contributed by atoms with van der Waals surface area (Å²) in [6, 6.07) is -0.814. The summed E-state index contributed by atoms with van der Waals surface area (Å²) >= 11 is 1.46. The van der Waals surface area contributed by atoms with Gasteiger partial charge in [-0.15, -0.1) is 11.3 Å². The van der Waals surface area contributed by atoms with E-state index in [1.165, 1.54) is 11.3 Å². The normalized spacial score (nSPS) is 19.4. The van der Waals surface area contributed by atoms with E-state index in [9.17, 15) is 19.2 Å². The van der Waals surface area contributed by atoms with Crippen molar-refractivity contribution in [3.8, 4) is 0 Å². The number of amides is 3. The van der Waals surface area contributed by atoms with E-state index in [0.717, 1.165) is 37.2 Å². The van der Waals surface area contributed by atoms with Gasteiger partial charge in [-0.05, 0) is 65.0 Å². The van der Waals surface area contributed by atoms with Crippen molar-refractivity contribution in [3.63, 3.8) is 0 Å². The van der Waals surface area contributed by atoms with Crippen LogP contribution in [0, 0.1) is 17.8 Å². The summed E-state index contributed by atoms with van der Waals surface area (Å²) in [4.78, 5) is 60.3. The number of hydrogen-bond donors (Lipinski definition) is 2.